The van der Waals surface area contributed by atoms with Gasteiger partial charge < -0.3 is 14.5 Å². The highest BCUT2D eigenvalue weighted by molar-refractivity contribution is 5.96. The van der Waals surface area contributed by atoms with Crippen molar-refractivity contribution in [1.82, 2.24) is 5.32 Å². The lowest BCUT2D eigenvalue weighted by atomic mass is 10.1. The number of para-hydroxylation sites is 1. The Kier molecular flexibility index (Phi) is 5.07. The Hall–Kier alpha value is -3.08. The van der Waals surface area contributed by atoms with Gasteiger partial charge in [0.05, 0.1) is 12.1 Å². The normalized spacial score (nSPS) is 12.2. The van der Waals surface area contributed by atoms with E-state index >= 15 is 0 Å². The molecule has 0 saturated heterocycles. The maximum Gasteiger partial charge on any atom is 0.349 e. The molecule has 0 spiro atoms. The van der Waals surface area contributed by atoms with Crippen molar-refractivity contribution in [3.8, 4) is 5.75 Å². The second kappa shape index (κ2) is 7.44. The van der Waals surface area contributed by atoms with E-state index < -0.39 is 11.5 Å². The molecule has 0 aliphatic rings. The van der Waals surface area contributed by atoms with E-state index in [0.717, 1.165) is 11.3 Å². The third kappa shape index (κ3) is 3.94. The molecule has 2 aromatic carbocycles. The van der Waals surface area contributed by atoms with Crippen molar-refractivity contribution in [1.29, 1.82) is 0 Å². The van der Waals surface area contributed by atoms with Crippen LogP contribution in [-0.4, -0.2) is 12.0 Å². The summed E-state index contributed by atoms with van der Waals surface area (Å²) in [5.41, 5.74) is 0.692. The van der Waals surface area contributed by atoms with E-state index in [1.54, 1.807) is 24.3 Å². The summed E-state index contributed by atoms with van der Waals surface area (Å²) in [7, 11) is 0. The van der Waals surface area contributed by atoms with E-state index in [9.17, 15) is 9.59 Å². The number of carbonyl (C=O) groups is 1. The SMILES string of the molecule is CC(C)Oc1cccc(C(C)NC(=O)c2cc3ccccc3oc2=O)c1. The predicted molar refractivity (Wildman–Crippen MR) is 101 cm³/mol. The van der Waals surface area contributed by atoms with Crippen molar-refractivity contribution in [3.63, 3.8) is 0 Å². The minimum absolute atomic E-state index is 0.00913. The zero-order chi connectivity index (χ0) is 18.7. The standard InChI is InChI=1S/C21H21NO4/c1-13(2)25-17-9-6-8-15(11-17)14(3)22-20(23)18-12-16-7-4-5-10-19(16)26-21(18)24/h4-14H,1-3H3,(H,22,23). The van der Waals surface area contributed by atoms with Crippen molar-refractivity contribution >= 4 is 16.9 Å². The fourth-order valence-corrected chi connectivity index (χ4v) is 2.71. The van der Waals surface area contributed by atoms with Gasteiger partial charge in [-0.3, -0.25) is 4.79 Å². The summed E-state index contributed by atoms with van der Waals surface area (Å²) in [4.78, 5) is 24.7. The van der Waals surface area contributed by atoms with Crippen molar-refractivity contribution in [2.75, 3.05) is 0 Å². The first-order chi connectivity index (χ1) is 12.4. The molecule has 0 fully saturated rings. The second-order valence-electron chi connectivity index (χ2n) is 6.42. The molecule has 1 atom stereocenters. The number of rotatable bonds is 5. The Labute approximate surface area is 151 Å². The van der Waals surface area contributed by atoms with Gasteiger partial charge in [-0.05, 0) is 50.6 Å². The van der Waals surface area contributed by atoms with Gasteiger partial charge in [0, 0.05) is 5.39 Å². The molecule has 0 radical (unpaired) electrons. The summed E-state index contributed by atoms with van der Waals surface area (Å²) < 4.78 is 10.9. The van der Waals surface area contributed by atoms with E-state index in [2.05, 4.69) is 5.32 Å². The lowest BCUT2D eigenvalue weighted by Gasteiger charge is -2.16. The maximum atomic E-state index is 12.6. The molecule has 1 unspecified atom stereocenters. The van der Waals surface area contributed by atoms with Crippen LogP contribution in [0.4, 0.5) is 0 Å². The van der Waals surface area contributed by atoms with Gasteiger partial charge in [-0.15, -0.1) is 0 Å². The highest BCUT2D eigenvalue weighted by Gasteiger charge is 2.17. The van der Waals surface area contributed by atoms with Gasteiger partial charge in [-0.2, -0.15) is 0 Å². The Morgan fingerprint density at radius 3 is 2.58 bits per heavy atom. The van der Waals surface area contributed by atoms with E-state index in [1.165, 1.54) is 0 Å². The van der Waals surface area contributed by atoms with Gasteiger partial charge in [0.25, 0.3) is 5.91 Å². The lowest BCUT2D eigenvalue weighted by Crippen LogP contribution is -2.30. The molecule has 0 saturated carbocycles. The van der Waals surface area contributed by atoms with Crippen LogP contribution in [0.15, 0.2) is 63.8 Å². The van der Waals surface area contributed by atoms with Crippen LogP contribution in [0.2, 0.25) is 0 Å². The van der Waals surface area contributed by atoms with Crippen LogP contribution >= 0.6 is 0 Å². The molecule has 3 aromatic rings. The fourth-order valence-electron chi connectivity index (χ4n) is 2.71. The van der Waals surface area contributed by atoms with Crippen LogP contribution in [-0.2, 0) is 0 Å². The molecule has 0 aliphatic carbocycles. The molecule has 1 amide bonds. The number of hydrogen-bond donors (Lipinski definition) is 1. The van der Waals surface area contributed by atoms with Gasteiger partial charge in [-0.1, -0.05) is 30.3 Å². The molecule has 134 valence electrons. The summed E-state index contributed by atoms with van der Waals surface area (Å²) in [5, 5.41) is 3.55. The van der Waals surface area contributed by atoms with Gasteiger partial charge in [0.1, 0.15) is 16.9 Å². The van der Waals surface area contributed by atoms with Crippen LogP contribution in [0.1, 0.15) is 42.7 Å². The number of fused-ring (bicyclic) bond motifs is 1. The summed E-state index contributed by atoms with van der Waals surface area (Å²) in [6.45, 7) is 5.77. The van der Waals surface area contributed by atoms with Crippen LogP contribution in [0.25, 0.3) is 11.0 Å². The molecule has 26 heavy (non-hydrogen) atoms. The number of benzene rings is 2. The van der Waals surface area contributed by atoms with E-state index in [4.69, 9.17) is 9.15 Å². The van der Waals surface area contributed by atoms with Crippen molar-refractivity contribution in [3.05, 3.63) is 76.1 Å². The Balaban J connectivity index is 1.81. The molecule has 1 heterocycles. The highest BCUT2D eigenvalue weighted by atomic mass is 16.5. The average Bonchev–Trinajstić information content (AvgIpc) is 2.60. The molecule has 1 N–H and O–H groups in total. The average molecular weight is 351 g/mol. The molecule has 5 nitrogen and oxygen atoms in total. The molecule has 3 rings (SSSR count). The maximum absolute atomic E-state index is 12.6. The van der Waals surface area contributed by atoms with Crippen LogP contribution in [0, 0.1) is 0 Å². The van der Waals surface area contributed by atoms with Crippen molar-refractivity contribution < 1.29 is 13.9 Å². The lowest BCUT2D eigenvalue weighted by molar-refractivity contribution is 0.0936. The zero-order valence-electron chi connectivity index (χ0n) is 15.0. The molecule has 0 bridgehead atoms. The zero-order valence-corrected chi connectivity index (χ0v) is 15.0. The largest absolute Gasteiger partial charge is 0.491 e. The smallest absolute Gasteiger partial charge is 0.349 e. The van der Waals surface area contributed by atoms with Crippen molar-refractivity contribution in [2.24, 2.45) is 0 Å². The third-order valence-corrected chi connectivity index (χ3v) is 3.96. The van der Waals surface area contributed by atoms with Crippen molar-refractivity contribution in [2.45, 2.75) is 32.9 Å². The Bertz CT molecular complexity index is 990. The minimum atomic E-state index is -0.648. The molecule has 0 aliphatic heterocycles. The Morgan fingerprint density at radius 2 is 1.81 bits per heavy atom. The molecular weight excluding hydrogens is 330 g/mol. The topological polar surface area (TPSA) is 68.5 Å². The summed E-state index contributed by atoms with van der Waals surface area (Å²) in [6.07, 6.45) is 0.0670. The van der Waals surface area contributed by atoms with E-state index in [1.807, 2.05) is 51.1 Å². The number of nitrogens with one attached hydrogen (secondary N) is 1. The number of hydrogen-bond acceptors (Lipinski definition) is 4. The quantitative estimate of drug-likeness (QED) is 0.704. The van der Waals surface area contributed by atoms with Gasteiger partial charge in [0.2, 0.25) is 0 Å². The molecular formula is C21H21NO4. The van der Waals surface area contributed by atoms with E-state index in [0.29, 0.717) is 11.0 Å². The van der Waals surface area contributed by atoms with Gasteiger partial charge in [0.15, 0.2) is 0 Å². The molecule has 1 aromatic heterocycles. The van der Waals surface area contributed by atoms with Crippen LogP contribution < -0.4 is 15.7 Å². The Morgan fingerprint density at radius 1 is 1.04 bits per heavy atom. The summed E-state index contributed by atoms with van der Waals surface area (Å²) >= 11 is 0. The highest BCUT2D eigenvalue weighted by Crippen LogP contribution is 2.20. The first-order valence-corrected chi connectivity index (χ1v) is 8.54. The van der Waals surface area contributed by atoms with Crippen LogP contribution in [0.5, 0.6) is 5.75 Å². The first kappa shape index (κ1) is 17.7. The fraction of sp³-hybridized carbons (Fsp3) is 0.238. The summed E-state index contributed by atoms with van der Waals surface area (Å²) in [6, 6.07) is 15.9. The molecule has 5 heteroatoms. The number of ether oxygens (including phenoxy) is 1. The monoisotopic (exact) mass is 351 g/mol. The predicted octanol–water partition coefficient (Wildman–Crippen LogP) is 4.07. The van der Waals surface area contributed by atoms with E-state index in [-0.39, 0.29) is 17.7 Å². The third-order valence-electron chi connectivity index (χ3n) is 3.96. The van der Waals surface area contributed by atoms with Gasteiger partial charge >= 0.3 is 5.63 Å². The second-order valence-corrected chi connectivity index (χ2v) is 6.42. The minimum Gasteiger partial charge on any atom is -0.491 e. The summed E-state index contributed by atoms with van der Waals surface area (Å²) in [5.74, 6) is 0.274. The number of amides is 1. The van der Waals surface area contributed by atoms with Crippen LogP contribution in [0.3, 0.4) is 0 Å². The number of carbonyl (C=O) groups excluding carboxylic acids is 1. The van der Waals surface area contributed by atoms with Gasteiger partial charge in [-0.25, -0.2) is 4.79 Å². The first-order valence-electron chi connectivity index (χ1n) is 8.54.